The van der Waals surface area contributed by atoms with Gasteiger partial charge in [-0.15, -0.1) is 11.3 Å². The lowest BCUT2D eigenvalue weighted by molar-refractivity contribution is -0.268. The van der Waals surface area contributed by atoms with Crippen molar-refractivity contribution in [3.63, 3.8) is 0 Å². The van der Waals surface area contributed by atoms with Gasteiger partial charge in [-0.2, -0.15) is 0 Å². The van der Waals surface area contributed by atoms with Crippen molar-refractivity contribution in [3.8, 4) is 0 Å². The summed E-state index contributed by atoms with van der Waals surface area (Å²) in [7, 11) is 0. The van der Waals surface area contributed by atoms with Gasteiger partial charge in [0.25, 0.3) is 5.91 Å². The van der Waals surface area contributed by atoms with Crippen molar-refractivity contribution >= 4 is 75.5 Å². The Balaban J connectivity index is 2.04. The molecule has 5 unspecified atom stereocenters. The van der Waals surface area contributed by atoms with Crippen LogP contribution in [0.5, 0.6) is 0 Å². The van der Waals surface area contributed by atoms with Crippen molar-refractivity contribution in [2.75, 3.05) is 6.61 Å². The number of thioether (sulfide) groups is 1. The molecule has 2 saturated heterocycles. The minimum Gasteiger partial charge on any atom is -0.463 e. The highest BCUT2D eigenvalue weighted by Gasteiger charge is 2.56. The number of carbonyl (C=O) groups is 5. The van der Waals surface area contributed by atoms with E-state index in [2.05, 4.69) is 0 Å². The van der Waals surface area contributed by atoms with Gasteiger partial charge in [0.15, 0.2) is 28.9 Å². The molecule has 0 aromatic carbocycles. The Morgan fingerprint density at radius 1 is 1.00 bits per heavy atom. The van der Waals surface area contributed by atoms with E-state index >= 15 is 0 Å². The molecule has 1 amide bonds. The molecule has 11 nitrogen and oxygen atoms in total. The van der Waals surface area contributed by atoms with Crippen LogP contribution in [0.15, 0.2) is 22.4 Å². The molecule has 3 rings (SSSR count). The van der Waals surface area contributed by atoms with Crippen LogP contribution in [0.2, 0.25) is 0 Å². The van der Waals surface area contributed by atoms with Gasteiger partial charge in [-0.1, -0.05) is 30.0 Å². The van der Waals surface area contributed by atoms with E-state index in [-0.39, 0.29) is 4.32 Å². The van der Waals surface area contributed by atoms with Crippen LogP contribution in [0.1, 0.15) is 32.6 Å². The maximum absolute atomic E-state index is 13.4. The molecule has 5 atom stereocenters. The Kier molecular flexibility index (Phi) is 9.22. The number of nitrogens with zero attached hydrogens (tertiary/aromatic N) is 1. The molecule has 36 heavy (non-hydrogen) atoms. The minimum atomic E-state index is -1.42. The number of amides is 1. The Morgan fingerprint density at radius 3 is 2.17 bits per heavy atom. The van der Waals surface area contributed by atoms with E-state index in [0.29, 0.717) is 4.91 Å². The fourth-order valence-corrected chi connectivity index (χ4v) is 5.65. The number of esters is 4. The van der Waals surface area contributed by atoms with E-state index in [1.165, 1.54) is 18.3 Å². The lowest BCUT2D eigenvalue weighted by Gasteiger charge is -2.46. The maximum atomic E-state index is 13.4. The first-order valence-corrected chi connectivity index (χ1v) is 12.7. The number of thiophene rings is 1. The average molecular weight is 558 g/mol. The van der Waals surface area contributed by atoms with Crippen LogP contribution < -0.4 is 0 Å². The molecular weight excluding hydrogens is 534 g/mol. The molecule has 3 heterocycles. The summed E-state index contributed by atoms with van der Waals surface area (Å²) in [6, 6.07) is 3.66. The van der Waals surface area contributed by atoms with Gasteiger partial charge in [0.2, 0.25) is 0 Å². The standard InChI is InChI=1S/C22H23NO10S3/c1-10(24)29-9-15-17(30-11(2)25)18(31-12(3)26)19(32-13(4)27)21(33-15)23-20(28)16(36-22(23)34)8-14-6-5-7-35-14/h5-8,15,17-19,21H,9H2,1-4H3/b16-8-. The predicted octanol–water partition coefficient (Wildman–Crippen LogP) is 2.03. The Hall–Kier alpha value is -2.81. The summed E-state index contributed by atoms with van der Waals surface area (Å²) in [6.07, 6.45) is -5.06. The van der Waals surface area contributed by atoms with Crippen molar-refractivity contribution in [2.45, 2.75) is 58.3 Å². The molecule has 0 saturated carbocycles. The molecule has 0 spiro atoms. The minimum absolute atomic E-state index is 0.101. The van der Waals surface area contributed by atoms with Crippen LogP contribution >= 0.6 is 35.3 Å². The van der Waals surface area contributed by atoms with E-state index < -0.39 is 67.0 Å². The largest absolute Gasteiger partial charge is 0.463 e. The summed E-state index contributed by atoms with van der Waals surface area (Å²) in [5, 5.41) is 1.85. The average Bonchev–Trinajstić information content (AvgIpc) is 3.37. The molecule has 2 fully saturated rings. The van der Waals surface area contributed by atoms with Crippen LogP contribution in [-0.4, -0.2) is 76.3 Å². The smallest absolute Gasteiger partial charge is 0.303 e. The summed E-state index contributed by atoms with van der Waals surface area (Å²) < 4.78 is 27.4. The number of rotatable bonds is 7. The first-order chi connectivity index (χ1) is 17.0. The van der Waals surface area contributed by atoms with Gasteiger partial charge in [-0.05, 0) is 17.5 Å². The second-order valence-corrected chi connectivity index (χ2v) is 10.3. The fourth-order valence-electron chi connectivity index (χ4n) is 3.62. The Morgan fingerprint density at radius 2 is 1.61 bits per heavy atom. The van der Waals surface area contributed by atoms with Crippen LogP contribution in [0, 0.1) is 0 Å². The van der Waals surface area contributed by atoms with Crippen molar-refractivity contribution < 1.29 is 47.7 Å². The number of hydrogen-bond acceptors (Lipinski definition) is 13. The third-order valence-electron chi connectivity index (χ3n) is 4.86. The quantitative estimate of drug-likeness (QED) is 0.210. The molecule has 14 heteroatoms. The fraction of sp³-hybridized carbons (Fsp3) is 0.455. The molecule has 1 aromatic rings. The highest BCUT2D eigenvalue weighted by Crippen LogP contribution is 2.39. The molecule has 0 radical (unpaired) electrons. The van der Waals surface area contributed by atoms with Crippen molar-refractivity contribution in [2.24, 2.45) is 0 Å². The third kappa shape index (κ3) is 6.69. The van der Waals surface area contributed by atoms with Gasteiger partial charge in [-0.25, -0.2) is 0 Å². The molecular formula is C22H23NO10S3. The first kappa shape index (κ1) is 27.8. The predicted molar refractivity (Wildman–Crippen MR) is 131 cm³/mol. The van der Waals surface area contributed by atoms with Gasteiger partial charge in [-0.3, -0.25) is 28.9 Å². The van der Waals surface area contributed by atoms with Crippen LogP contribution in [-0.2, 0) is 47.7 Å². The van der Waals surface area contributed by atoms with Crippen LogP contribution in [0.3, 0.4) is 0 Å². The number of carbonyl (C=O) groups excluding carboxylic acids is 5. The zero-order valence-corrected chi connectivity index (χ0v) is 22.1. The van der Waals surface area contributed by atoms with E-state index in [1.807, 2.05) is 17.5 Å². The van der Waals surface area contributed by atoms with E-state index in [0.717, 1.165) is 42.3 Å². The second kappa shape index (κ2) is 12.0. The van der Waals surface area contributed by atoms with Gasteiger partial charge in [0.1, 0.15) is 12.7 Å². The van der Waals surface area contributed by atoms with Crippen molar-refractivity contribution in [3.05, 3.63) is 27.3 Å². The lowest BCUT2D eigenvalue weighted by atomic mass is 9.96. The van der Waals surface area contributed by atoms with E-state index in [1.54, 1.807) is 6.08 Å². The first-order valence-electron chi connectivity index (χ1n) is 10.6. The highest BCUT2D eigenvalue weighted by molar-refractivity contribution is 8.26. The molecule has 1 aromatic heterocycles. The van der Waals surface area contributed by atoms with Gasteiger partial charge in [0, 0.05) is 32.6 Å². The number of ether oxygens (including phenoxy) is 5. The van der Waals surface area contributed by atoms with Gasteiger partial charge in [0.05, 0.1) is 4.91 Å². The number of thiocarbonyl (C=S) groups is 1. The lowest BCUT2D eigenvalue weighted by Crippen LogP contribution is -2.66. The summed E-state index contributed by atoms with van der Waals surface area (Å²) in [6.45, 7) is 4.12. The molecule has 0 aliphatic carbocycles. The topological polar surface area (TPSA) is 135 Å². The van der Waals surface area contributed by atoms with E-state index in [9.17, 15) is 24.0 Å². The number of hydrogen-bond donors (Lipinski definition) is 0. The Labute approximate surface area is 220 Å². The summed E-state index contributed by atoms with van der Waals surface area (Å²) in [4.78, 5) is 63.0. The zero-order valence-electron chi connectivity index (χ0n) is 19.7. The SMILES string of the molecule is CC(=O)OCC1OC(N2C(=O)/C(=C/c3cccs3)SC2=S)C(OC(C)=O)C(OC(C)=O)C1OC(C)=O. The third-order valence-corrected chi connectivity index (χ3v) is 7.01. The molecule has 194 valence electrons. The maximum Gasteiger partial charge on any atom is 0.303 e. The monoisotopic (exact) mass is 557 g/mol. The van der Waals surface area contributed by atoms with Crippen LogP contribution in [0.25, 0.3) is 6.08 Å². The molecule has 2 aliphatic heterocycles. The van der Waals surface area contributed by atoms with Crippen LogP contribution in [0.4, 0.5) is 0 Å². The van der Waals surface area contributed by atoms with E-state index in [4.69, 9.17) is 35.9 Å². The molecule has 0 bridgehead atoms. The van der Waals surface area contributed by atoms with Gasteiger partial charge >= 0.3 is 23.9 Å². The molecule has 0 N–H and O–H groups in total. The van der Waals surface area contributed by atoms with Crippen molar-refractivity contribution in [1.29, 1.82) is 0 Å². The van der Waals surface area contributed by atoms with Gasteiger partial charge < -0.3 is 23.7 Å². The summed E-state index contributed by atoms with van der Waals surface area (Å²) in [5.74, 6) is -3.47. The highest BCUT2D eigenvalue weighted by atomic mass is 32.2. The zero-order chi connectivity index (χ0) is 26.6. The van der Waals surface area contributed by atoms with Crippen molar-refractivity contribution in [1.82, 2.24) is 4.90 Å². The molecule has 2 aliphatic rings. The normalized spacial score (nSPS) is 27.1. The second-order valence-electron chi connectivity index (χ2n) is 7.66. The Bertz CT molecular complexity index is 1090. The summed E-state index contributed by atoms with van der Waals surface area (Å²) >= 11 is 7.88. The summed E-state index contributed by atoms with van der Waals surface area (Å²) in [5.41, 5.74) is 0.